The first-order valence-electron chi connectivity index (χ1n) is 6.35. The van der Waals surface area contributed by atoms with Crippen molar-refractivity contribution in [2.24, 2.45) is 0 Å². The van der Waals surface area contributed by atoms with E-state index < -0.39 is 5.97 Å². The maximum absolute atomic E-state index is 12.4. The maximum atomic E-state index is 12.4. The highest BCUT2D eigenvalue weighted by atomic mass is 32.2. The van der Waals surface area contributed by atoms with Gasteiger partial charge in [0.2, 0.25) is 0 Å². The summed E-state index contributed by atoms with van der Waals surface area (Å²) in [5, 5.41) is 8.65. The highest BCUT2D eigenvalue weighted by Gasteiger charge is 2.25. The average molecular weight is 311 g/mol. The zero-order chi connectivity index (χ0) is 14.7. The van der Waals surface area contributed by atoms with Crippen molar-refractivity contribution >= 4 is 41.1 Å². The van der Waals surface area contributed by atoms with Crippen molar-refractivity contribution in [1.82, 2.24) is 4.90 Å². The summed E-state index contributed by atoms with van der Waals surface area (Å²) in [5.41, 5.74) is 0.935. The van der Waals surface area contributed by atoms with Gasteiger partial charge in [-0.2, -0.15) is 11.8 Å². The van der Waals surface area contributed by atoms with Crippen LogP contribution >= 0.6 is 23.1 Å². The zero-order valence-electron chi connectivity index (χ0n) is 11.5. The van der Waals surface area contributed by atoms with Gasteiger partial charge in [-0.1, -0.05) is 0 Å². The van der Waals surface area contributed by atoms with Crippen molar-refractivity contribution in [2.45, 2.75) is 19.4 Å². The predicted molar refractivity (Wildman–Crippen MR) is 83.5 cm³/mol. The predicted octanol–water partition coefficient (Wildman–Crippen LogP) is 2.73. The van der Waals surface area contributed by atoms with Crippen LogP contribution in [-0.4, -0.2) is 46.5 Å². The van der Waals surface area contributed by atoms with Crippen molar-refractivity contribution in [1.29, 1.82) is 0 Å². The molecular formula is C14H17NO3S2. The molecule has 1 atom stereocenters. The van der Waals surface area contributed by atoms with Crippen LogP contribution in [0.25, 0.3) is 6.08 Å². The first-order chi connectivity index (χ1) is 9.49. The van der Waals surface area contributed by atoms with Gasteiger partial charge in [0.25, 0.3) is 5.91 Å². The molecule has 4 nitrogen and oxygen atoms in total. The number of thiophene rings is 1. The number of nitrogens with zero attached hydrogens (tertiary/aromatic N) is 1. The molecule has 0 aliphatic carbocycles. The van der Waals surface area contributed by atoms with Crippen LogP contribution in [0.1, 0.15) is 26.5 Å². The lowest BCUT2D eigenvalue weighted by Gasteiger charge is -2.22. The molecule has 1 N–H and O–H groups in total. The van der Waals surface area contributed by atoms with Crippen molar-refractivity contribution < 1.29 is 14.7 Å². The average Bonchev–Trinajstić information content (AvgIpc) is 3.04. The number of carbonyl (C=O) groups is 2. The van der Waals surface area contributed by atoms with E-state index >= 15 is 0 Å². The van der Waals surface area contributed by atoms with E-state index in [1.54, 1.807) is 6.08 Å². The van der Waals surface area contributed by atoms with Gasteiger partial charge >= 0.3 is 5.97 Å². The van der Waals surface area contributed by atoms with E-state index in [2.05, 4.69) is 0 Å². The van der Waals surface area contributed by atoms with Crippen LogP contribution in [0.2, 0.25) is 0 Å². The fourth-order valence-electron chi connectivity index (χ4n) is 2.08. The summed E-state index contributed by atoms with van der Waals surface area (Å²) in [6.07, 6.45) is 3.69. The summed E-state index contributed by atoms with van der Waals surface area (Å²) < 4.78 is 0. The molecule has 0 radical (unpaired) electrons. The van der Waals surface area contributed by atoms with Crippen LogP contribution in [0.3, 0.4) is 0 Å². The second-order valence-electron chi connectivity index (χ2n) is 4.76. The Morgan fingerprint density at radius 2 is 2.25 bits per heavy atom. The summed E-state index contributed by atoms with van der Waals surface area (Å²) in [6, 6.07) is 2.15. The molecule has 1 fully saturated rings. The molecule has 108 valence electrons. The minimum absolute atomic E-state index is 0.0283. The van der Waals surface area contributed by atoms with Crippen LogP contribution in [-0.2, 0) is 4.79 Å². The number of thioether (sulfide) groups is 1. The lowest BCUT2D eigenvalue weighted by atomic mass is 10.2. The second-order valence-corrected chi connectivity index (χ2v) is 7.00. The molecule has 0 spiro atoms. The van der Waals surface area contributed by atoms with Crippen LogP contribution in [0, 0.1) is 6.92 Å². The largest absolute Gasteiger partial charge is 0.478 e. The quantitative estimate of drug-likeness (QED) is 0.869. The number of hydrogen-bond acceptors (Lipinski definition) is 4. The van der Waals surface area contributed by atoms with Crippen LogP contribution < -0.4 is 0 Å². The third-order valence-corrected chi connectivity index (χ3v) is 5.65. The number of aryl methyl sites for hydroxylation is 1. The van der Waals surface area contributed by atoms with Gasteiger partial charge in [-0.25, -0.2) is 4.79 Å². The highest BCUT2D eigenvalue weighted by Crippen LogP contribution is 2.27. The van der Waals surface area contributed by atoms with Crippen molar-refractivity contribution in [2.75, 3.05) is 18.6 Å². The third-order valence-electron chi connectivity index (χ3n) is 3.32. The lowest BCUT2D eigenvalue weighted by molar-refractivity contribution is -0.131. The van der Waals surface area contributed by atoms with Gasteiger partial charge in [0.1, 0.15) is 0 Å². The van der Waals surface area contributed by atoms with E-state index in [0.717, 1.165) is 34.4 Å². The molecule has 1 aliphatic rings. The van der Waals surface area contributed by atoms with Gasteiger partial charge in [0, 0.05) is 29.8 Å². The third kappa shape index (κ3) is 3.43. The fraction of sp³-hybridized carbons (Fsp3) is 0.429. The van der Waals surface area contributed by atoms with Gasteiger partial charge in [-0.15, -0.1) is 11.3 Å². The molecule has 1 aromatic heterocycles. The molecular weight excluding hydrogens is 294 g/mol. The first kappa shape index (κ1) is 15.1. The number of amides is 1. The Balaban J connectivity index is 2.14. The number of aliphatic carboxylic acids is 1. The molecule has 20 heavy (non-hydrogen) atoms. The Hall–Kier alpha value is -1.27. The summed E-state index contributed by atoms with van der Waals surface area (Å²) >= 11 is 3.22. The highest BCUT2D eigenvalue weighted by molar-refractivity contribution is 7.99. The molecule has 1 unspecified atom stereocenters. The van der Waals surface area contributed by atoms with Crippen LogP contribution in [0.15, 0.2) is 12.1 Å². The normalized spacial score (nSPS) is 18.6. The summed E-state index contributed by atoms with van der Waals surface area (Å²) in [5.74, 6) is 1.16. The minimum atomic E-state index is -0.981. The summed E-state index contributed by atoms with van der Waals surface area (Å²) in [4.78, 5) is 26.3. The van der Waals surface area contributed by atoms with E-state index in [4.69, 9.17) is 5.11 Å². The molecule has 0 saturated carbocycles. The van der Waals surface area contributed by atoms with E-state index in [0.29, 0.717) is 10.9 Å². The van der Waals surface area contributed by atoms with Crippen LogP contribution in [0.5, 0.6) is 0 Å². The Bertz CT molecular complexity index is 545. The van der Waals surface area contributed by atoms with Gasteiger partial charge in [-0.3, -0.25) is 4.79 Å². The monoisotopic (exact) mass is 311 g/mol. The first-order valence-corrected chi connectivity index (χ1v) is 8.32. The second kappa shape index (κ2) is 6.45. The van der Waals surface area contributed by atoms with Gasteiger partial charge in [0.15, 0.2) is 0 Å². The van der Waals surface area contributed by atoms with Crippen molar-refractivity contribution in [3.8, 4) is 0 Å². The number of carboxylic acids is 1. The SMILES string of the molecule is Cc1cc(C(=O)N(C)C2CCSC2)sc1/C=C/C(=O)O. The van der Waals surface area contributed by atoms with Crippen LogP contribution in [0.4, 0.5) is 0 Å². The summed E-state index contributed by atoms with van der Waals surface area (Å²) in [7, 11) is 1.85. The van der Waals surface area contributed by atoms with E-state index in [1.807, 2.05) is 36.7 Å². The topological polar surface area (TPSA) is 57.6 Å². The standard InChI is InChI=1S/C14H17NO3S2/c1-9-7-12(20-11(9)3-4-13(16)17)14(18)15(2)10-5-6-19-8-10/h3-4,7,10H,5-6,8H2,1-2H3,(H,16,17)/b4-3+. The van der Waals surface area contributed by atoms with Gasteiger partial charge in [0.05, 0.1) is 4.88 Å². The molecule has 0 aromatic carbocycles. The van der Waals surface area contributed by atoms with E-state index in [9.17, 15) is 9.59 Å². The molecule has 1 amide bonds. The molecule has 1 aromatic rings. The Kier molecular flexibility index (Phi) is 4.88. The maximum Gasteiger partial charge on any atom is 0.328 e. The Morgan fingerprint density at radius 3 is 2.85 bits per heavy atom. The molecule has 2 rings (SSSR count). The lowest BCUT2D eigenvalue weighted by Crippen LogP contribution is -2.36. The molecule has 2 heterocycles. The van der Waals surface area contributed by atoms with E-state index in [-0.39, 0.29) is 5.91 Å². The number of carboxylic acid groups (broad SMARTS) is 1. The smallest absolute Gasteiger partial charge is 0.328 e. The zero-order valence-corrected chi connectivity index (χ0v) is 13.1. The van der Waals surface area contributed by atoms with Crippen molar-refractivity contribution in [3.05, 3.63) is 27.5 Å². The summed E-state index contributed by atoms with van der Waals surface area (Å²) in [6.45, 7) is 1.89. The molecule has 0 bridgehead atoms. The molecule has 1 saturated heterocycles. The number of carbonyl (C=O) groups excluding carboxylic acids is 1. The Morgan fingerprint density at radius 1 is 1.50 bits per heavy atom. The number of hydrogen-bond donors (Lipinski definition) is 1. The molecule has 6 heteroatoms. The number of rotatable bonds is 4. The molecule has 1 aliphatic heterocycles. The Labute approximate surface area is 126 Å². The van der Waals surface area contributed by atoms with E-state index in [1.165, 1.54) is 11.3 Å². The van der Waals surface area contributed by atoms with Gasteiger partial charge < -0.3 is 10.0 Å². The van der Waals surface area contributed by atoms with Crippen molar-refractivity contribution in [3.63, 3.8) is 0 Å². The van der Waals surface area contributed by atoms with Gasteiger partial charge in [-0.05, 0) is 36.8 Å². The minimum Gasteiger partial charge on any atom is -0.478 e. The fourth-order valence-corrected chi connectivity index (χ4v) is 4.41.